The molecule has 0 saturated heterocycles. The van der Waals surface area contributed by atoms with Crippen LogP contribution in [-0.2, 0) is 6.42 Å². The van der Waals surface area contributed by atoms with Gasteiger partial charge in [-0.25, -0.2) is 0 Å². The zero-order chi connectivity index (χ0) is 22.2. The molecule has 0 spiro atoms. The van der Waals surface area contributed by atoms with E-state index < -0.39 is 0 Å². The molecule has 0 heterocycles. The van der Waals surface area contributed by atoms with E-state index in [9.17, 15) is 0 Å². The molecule has 2 aliphatic rings. The van der Waals surface area contributed by atoms with Gasteiger partial charge in [-0.15, -0.1) is 0 Å². The summed E-state index contributed by atoms with van der Waals surface area (Å²) in [7, 11) is 0. The van der Waals surface area contributed by atoms with Crippen molar-refractivity contribution < 1.29 is 0 Å². The van der Waals surface area contributed by atoms with Crippen molar-refractivity contribution in [2.45, 2.75) is 96.3 Å². The highest BCUT2D eigenvalue weighted by Crippen LogP contribution is 2.44. The van der Waals surface area contributed by atoms with Crippen LogP contribution in [0, 0.1) is 17.8 Å². The van der Waals surface area contributed by atoms with Gasteiger partial charge in [0, 0.05) is 0 Å². The van der Waals surface area contributed by atoms with Crippen molar-refractivity contribution in [2.24, 2.45) is 17.8 Å². The molecule has 0 radical (unpaired) electrons. The minimum Gasteiger partial charge on any atom is -0.0917 e. The molecule has 0 N–H and O–H groups in total. The van der Waals surface area contributed by atoms with Crippen LogP contribution in [0.4, 0.5) is 0 Å². The Morgan fingerprint density at radius 2 is 1.41 bits per heavy atom. The van der Waals surface area contributed by atoms with Crippen LogP contribution in [0.1, 0.15) is 107 Å². The van der Waals surface area contributed by atoms with Crippen LogP contribution in [0.3, 0.4) is 0 Å². The average Bonchev–Trinajstić information content (AvgIpc) is 2.86. The quantitative estimate of drug-likeness (QED) is 0.367. The molecule has 32 heavy (non-hydrogen) atoms. The lowest BCUT2D eigenvalue weighted by Gasteiger charge is -2.38. The van der Waals surface area contributed by atoms with Crippen molar-refractivity contribution in [2.75, 3.05) is 0 Å². The molecule has 0 bridgehead atoms. The predicted octanol–water partition coefficient (Wildman–Crippen LogP) is 9.47. The Morgan fingerprint density at radius 3 is 2.03 bits per heavy atom. The van der Waals surface area contributed by atoms with Crippen molar-refractivity contribution in [3.8, 4) is 0 Å². The van der Waals surface area contributed by atoms with Crippen molar-refractivity contribution in [3.05, 3.63) is 83.4 Å². The third-order valence-corrected chi connectivity index (χ3v) is 8.67. The average molecular weight is 429 g/mol. The van der Waals surface area contributed by atoms with Crippen LogP contribution in [0.2, 0.25) is 0 Å². The summed E-state index contributed by atoms with van der Waals surface area (Å²) in [6.07, 6.45) is 20.1. The molecular formula is C32H44. The largest absolute Gasteiger partial charge is 0.0917 e. The fourth-order valence-corrected chi connectivity index (χ4v) is 6.55. The molecule has 172 valence electrons. The monoisotopic (exact) mass is 428 g/mol. The van der Waals surface area contributed by atoms with Crippen LogP contribution in [-0.4, -0.2) is 0 Å². The zero-order valence-corrected chi connectivity index (χ0v) is 20.5. The van der Waals surface area contributed by atoms with Crippen LogP contribution in [0.25, 0.3) is 0 Å². The van der Waals surface area contributed by atoms with E-state index in [1.165, 1.54) is 75.3 Å². The smallest absolute Gasteiger partial charge is 0.0150 e. The number of hydrogen-bond donors (Lipinski definition) is 0. The minimum absolute atomic E-state index is 0.579. The molecule has 2 saturated carbocycles. The summed E-state index contributed by atoms with van der Waals surface area (Å²) in [5.74, 6) is 4.41. The second kappa shape index (κ2) is 11.9. The Labute approximate surface area is 197 Å². The SMILES string of the molecule is C/C=C/CCC1CCC(C2CCC(c3ccc(CC(C)c4ccccc4)cc3)CC2)CC1. The van der Waals surface area contributed by atoms with Crippen LogP contribution < -0.4 is 0 Å². The molecular weight excluding hydrogens is 384 g/mol. The highest BCUT2D eigenvalue weighted by molar-refractivity contribution is 5.28. The first-order chi connectivity index (χ1) is 15.7. The predicted molar refractivity (Wildman–Crippen MR) is 139 cm³/mol. The first-order valence-electron chi connectivity index (χ1n) is 13.5. The van der Waals surface area contributed by atoms with E-state index in [2.05, 4.69) is 80.6 Å². The Morgan fingerprint density at radius 1 is 0.781 bits per heavy atom. The van der Waals surface area contributed by atoms with Gasteiger partial charge in [-0.3, -0.25) is 0 Å². The van der Waals surface area contributed by atoms with Gasteiger partial charge in [-0.05, 0) is 111 Å². The van der Waals surface area contributed by atoms with Crippen molar-refractivity contribution in [1.82, 2.24) is 0 Å². The molecule has 2 aliphatic carbocycles. The van der Waals surface area contributed by atoms with E-state index in [0.29, 0.717) is 5.92 Å². The van der Waals surface area contributed by atoms with E-state index in [0.717, 1.165) is 30.1 Å². The number of hydrogen-bond acceptors (Lipinski definition) is 0. The first-order valence-corrected chi connectivity index (χ1v) is 13.5. The topological polar surface area (TPSA) is 0 Å². The van der Waals surface area contributed by atoms with Crippen LogP contribution in [0.15, 0.2) is 66.7 Å². The Kier molecular flexibility index (Phi) is 8.66. The second-order valence-corrected chi connectivity index (χ2v) is 10.8. The van der Waals surface area contributed by atoms with E-state index in [1.807, 2.05) is 0 Å². The van der Waals surface area contributed by atoms with E-state index in [1.54, 1.807) is 5.56 Å². The van der Waals surface area contributed by atoms with Gasteiger partial charge in [0.15, 0.2) is 0 Å². The summed E-state index contributed by atoms with van der Waals surface area (Å²) in [6.45, 7) is 4.49. The minimum atomic E-state index is 0.579. The molecule has 2 fully saturated rings. The van der Waals surface area contributed by atoms with Crippen molar-refractivity contribution >= 4 is 0 Å². The van der Waals surface area contributed by atoms with Gasteiger partial charge >= 0.3 is 0 Å². The van der Waals surface area contributed by atoms with Gasteiger partial charge in [0.05, 0.1) is 0 Å². The third-order valence-electron chi connectivity index (χ3n) is 8.67. The second-order valence-electron chi connectivity index (χ2n) is 10.8. The maximum atomic E-state index is 2.44. The molecule has 0 aliphatic heterocycles. The van der Waals surface area contributed by atoms with Gasteiger partial charge in [0.2, 0.25) is 0 Å². The molecule has 0 heteroatoms. The van der Waals surface area contributed by atoms with Crippen LogP contribution >= 0.6 is 0 Å². The standard InChI is InChI=1S/C32H44/c1-3-4-6-9-26-12-16-29(17-13-26)31-20-22-32(23-21-31)30-18-14-27(15-19-30)24-25(2)28-10-7-5-8-11-28/h3-5,7-8,10-11,14-15,18-19,25-26,29,31-32H,6,9,12-13,16-17,20-24H2,1-2H3/b4-3+. The maximum absolute atomic E-state index is 2.44. The van der Waals surface area contributed by atoms with Crippen molar-refractivity contribution in [3.63, 3.8) is 0 Å². The summed E-state index contributed by atoms with van der Waals surface area (Å²) in [6, 6.07) is 20.6. The number of allylic oxidation sites excluding steroid dienone is 2. The van der Waals surface area contributed by atoms with Crippen molar-refractivity contribution in [1.29, 1.82) is 0 Å². The first kappa shape index (κ1) is 23.3. The molecule has 1 atom stereocenters. The molecule has 4 rings (SSSR count). The summed E-state index contributed by atoms with van der Waals surface area (Å²) in [5, 5.41) is 0. The lowest BCUT2D eigenvalue weighted by molar-refractivity contribution is 0.157. The summed E-state index contributed by atoms with van der Waals surface area (Å²) in [5.41, 5.74) is 4.51. The molecule has 0 aromatic heterocycles. The molecule has 2 aromatic rings. The van der Waals surface area contributed by atoms with E-state index in [-0.39, 0.29) is 0 Å². The summed E-state index contributed by atoms with van der Waals surface area (Å²) in [4.78, 5) is 0. The highest BCUT2D eigenvalue weighted by atomic mass is 14.4. The Balaban J connectivity index is 1.21. The fraction of sp³-hybridized carbons (Fsp3) is 0.562. The van der Waals surface area contributed by atoms with E-state index in [4.69, 9.17) is 0 Å². The normalized spacial score (nSPS) is 27.4. The lowest BCUT2D eigenvalue weighted by atomic mass is 9.68. The van der Waals surface area contributed by atoms with Gasteiger partial charge in [-0.2, -0.15) is 0 Å². The maximum Gasteiger partial charge on any atom is -0.0150 e. The number of rotatable bonds is 8. The molecule has 2 aromatic carbocycles. The highest BCUT2D eigenvalue weighted by Gasteiger charge is 2.31. The van der Waals surface area contributed by atoms with Gasteiger partial charge < -0.3 is 0 Å². The van der Waals surface area contributed by atoms with Gasteiger partial charge in [0.1, 0.15) is 0 Å². The molecule has 1 unspecified atom stereocenters. The molecule has 0 nitrogen and oxygen atoms in total. The molecule has 0 amide bonds. The van der Waals surface area contributed by atoms with Gasteiger partial charge in [0.25, 0.3) is 0 Å². The third kappa shape index (κ3) is 6.37. The number of benzene rings is 2. The van der Waals surface area contributed by atoms with Gasteiger partial charge in [-0.1, -0.05) is 86.5 Å². The van der Waals surface area contributed by atoms with Crippen LogP contribution in [0.5, 0.6) is 0 Å². The fourth-order valence-electron chi connectivity index (χ4n) is 6.55. The zero-order valence-electron chi connectivity index (χ0n) is 20.5. The Hall–Kier alpha value is -1.82. The summed E-state index contributed by atoms with van der Waals surface area (Å²) >= 11 is 0. The van der Waals surface area contributed by atoms with E-state index >= 15 is 0 Å². The lowest BCUT2D eigenvalue weighted by Crippen LogP contribution is -2.25. The Bertz CT molecular complexity index is 799. The summed E-state index contributed by atoms with van der Waals surface area (Å²) < 4.78 is 0.